The van der Waals surface area contributed by atoms with E-state index in [9.17, 15) is 4.79 Å². The van der Waals surface area contributed by atoms with Gasteiger partial charge in [0.25, 0.3) is 5.78 Å². The summed E-state index contributed by atoms with van der Waals surface area (Å²) in [6.07, 6.45) is 1.66. The summed E-state index contributed by atoms with van der Waals surface area (Å²) in [5.41, 5.74) is 0.963. The molecule has 0 aliphatic carbocycles. The SMILES string of the molecule is CCOC(=O)C1CCN(Cc2nc3nc(C)cc(N4CCN(CC)CC4)n3n2)CC1. The fourth-order valence-corrected chi connectivity index (χ4v) is 4.38. The summed E-state index contributed by atoms with van der Waals surface area (Å²) in [5.74, 6) is 2.49. The summed E-state index contributed by atoms with van der Waals surface area (Å²) in [5, 5.41) is 4.80. The van der Waals surface area contributed by atoms with Crippen LogP contribution in [0.2, 0.25) is 0 Å². The number of carbonyl (C=O) groups excluding carboxylic acids is 1. The van der Waals surface area contributed by atoms with Crippen LogP contribution in [0.3, 0.4) is 0 Å². The van der Waals surface area contributed by atoms with Crippen molar-refractivity contribution < 1.29 is 9.53 Å². The molecule has 0 aromatic carbocycles. The van der Waals surface area contributed by atoms with Gasteiger partial charge in [-0.05, 0) is 46.3 Å². The Labute approximate surface area is 178 Å². The quantitative estimate of drug-likeness (QED) is 0.654. The molecule has 2 aromatic rings. The van der Waals surface area contributed by atoms with Gasteiger partial charge in [0.2, 0.25) is 0 Å². The number of rotatable bonds is 6. The van der Waals surface area contributed by atoms with Crippen LogP contribution in [0, 0.1) is 12.8 Å². The molecule has 0 spiro atoms. The fourth-order valence-electron chi connectivity index (χ4n) is 4.38. The van der Waals surface area contributed by atoms with E-state index < -0.39 is 0 Å². The van der Waals surface area contributed by atoms with Crippen molar-refractivity contribution in [1.82, 2.24) is 29.4 Å². The zero-order valence-electron chi connectivity index (χ0n) is 18.4. The largest absolute Gasteiger partial charge is 0.466 e. The number of aryl methyl sites for hydroxylation is 1. The number of hydrogen-bond acceptors (Lipinski definition) is 8. The minimum atomic E-state index is -0.0597. The summed E-state index contributed by atoms with van der Waals surface area (Å²) < 4.78 is 7.07. The van der Waals surface area contributed by atoms with E-state index in [0.717, 1.165) is 76.0 Å². The van der Waals surface area contributed by atoms with E-state index in [0.29, 0.717) is 18.9 Å². The van der Waals surface area contributed by atoms with Gasteiger partial charge in [0.1, 0.15) is 5.82 Å². The van der Waals surface area contributed by atoms with Crippen LogP contribution < -0.4 is 4.90 Å². The third-order valence-corrected chi connectivity index (χ3v) is 6.18. The van der Waals surface area contributed by atoms with Gasteiger partial charge in [-0.3, -0.25) is 9.69 Å². The van der Waals surface area contributed by atoms with Gasteiger partial charge >= 0.3 is 5.97 Å². The minimum absolute atomic E-state index is 0.0212. The van der Waals surface area contributed by atoms with Crippen LogP contribution in [0.15, 0.2) is 6.07 Å². The summed E-state index contributed by atoms with van der Waals surface area (Å²) >= 11 is 0. The molecule has 0 N–H and O–H groups in total. The number of anilines is 1. The predicted octanol–water partition coefficient (Wildman–Crippen LogP) is 1.35. The Kier molecular flexibility index (Phi) is 6.48. The Morgan fingerprint density at radius 3 is 2.47 bits per heavy atom. The summed E-state index contributed by atoms with van der Waals surface area (Å²) in [7, 11) is 0. The van der Waals surface area contributed by atoms with E-state index in [1.807, 2.05) is 18.4 Å². The number of piperazine rings is 1. The second kappa shape index (κ2) is 9.26. The normalized spacial score (nSPS) is 19.5. The second-order valence-corrected chi connectivity index (χ2v) is 8.22. The molecule has 0 radical (unpaired) electrons. The van der Waals surface area contributed by atoms with E-state index in [1.165, 1.54) is 0 Å². The van der Waals surface area contributed by atoms with Crippen LogP contribution in [-0.2, 0) is 16.1 Å². The number of carbonyl (C=O) groups is 1. The lowest BCUT2D eigenvalue weighted by Gasteiger charge is -2.35. The van der Waals surface area contributed by atoms with Gasteiger partial charge in [-0.25, -0.2) is 4.98 Å². The smallest absolute Gasteiger partial charge is 0.309 e. The molecular weight excluding hydrogens is 382 g/mol. The predicted molar refractivity (Wildman–Crippen MR) is 114 cm³/mol. The second-order valence-electron chi connectivity index (χ2n) is 8.22. The van der Waals surface area contributed by atoms with Gasteiger partial charge in [0, 0.05) is 37.9 Å². The molecule has 4 heterocycles. The number of likely N-dealkylation sites (tertiary alicyclic amines) is 1. The summed E-state index contributed by atoms with van der Waals surface area (Å²) in [6.45, 7) is 14.1. The number of nitrogens with zero attached hydrogens (tertiary/aromatic N) is 7. The zero-order chi connectivity index (χ0) is 21.1. The topological polar surface area (TPSA) is 79.1 Å². The molecule has 2 aliphatic rings. The molecule has 2 saturated heterocycles. The van der Waals surface area contributed by atoms with Crippen molar-refractivity contribution in [1.29, 1.82) is 0 Å². The highest BCUT2D eigenvalue weighted by Crippen LogP contribution is 2.22. The average molecular weight is 416 g/mol. The molecule has 0 amide bonds. The summed E-state index contributed by atoms with van der Waals surface area (Å²) in [6, 6.07) is 2.11. The highest BCUT2D eigenvalue weighted by molar-refractivity contribution is 5.72. The van der Waals surface area contributed by atoms with Gasteiger partial charge in [0.05, 0.1) is 19.1 Å². The van der Waals surface area contributed by atoms with Gasteiger partial charge in [-0.1, -0.05) is 6.92 Å². The van der Waals surface area contributed by atoms with Crippen molar-refractivity contribution in [3.63, 3.8) is 0 Å². The number of piperidine rings is 1. The Hall–Kier alpha value is -2.26. The lowest BCUT2D eigenvalue weighted by molar-refractivity contribution is -0.149. The van der Waals surface area contributed by atoms with Crippen molar-refractivity contribution in [3.8, 4) is 0 Å². The first-order valence-corrected chi connectivity index (χ1v) is 11.2. The third-order valence-electron chi connectivity index (χ3n) is 6.18. The minimum Gasteiger partial charge on any atom is -0.466 e. The van der Waals surface area contributed by atoms with Crippen LogP contribution in [0.5, 0.6) is 0 Å². The zero-order valence-corrected chi connectivity index (χ0v) is 18.4. The molecule has 4 rings (SSSR count). The molecule has 0 bridgehead atoms. The van der Waals surface area contributed by atoms with Crippen LogP contribution in [0.4, 0.5) is 5.82 Å². The lowest BCUT2D eigenvalue weighted by atomic mass is 9.97. The van der Waals surface area contributed by atoms with Crippen molar-refractivity contribution in [3.05, 3.63) is 17.6 Å². The van der Waals surface area contributed by atoms with Gasteiger partial charge < -0.3 is 14.5 Å². The molecular formula is C21H33N7O2. The van der Waals surface area contributed by atoms with E-state index in [4.69, 9.17) is 14.8 Å². The maximum Gasteiger partial charge on any atom is 0.309 e. The van der Waals surface area contributed by atoms with Crippen molar-refractivity contribution in [2.45, 2.75) is 40.2 Å². The van der Waals surface area contributed by atoms with Gasteiger partial charge in [-0.15, -0.1) is 5.10 Å². The molecule has 2 aliphatic heterocycles. The number of aromatic nitrogens is 4. The Morgan fingerprint density at radius 2 is 1.80 bits per heavy atom. The van der Waals surface area contributed by atoms with Crippen LogP contribution in [0.25, 0.3) is 5.78 Å². The van der Waals surface area contributed by atoms with Crippen LogP contribution >= 0.6 is 0 Å². The third kappa shape index (κ3) is 4.57. The van der Waals surface area contributed by atoms with Gasteiger partial charge in [0.15, 0.2) is 5.82 Å². The van der Waals surface area contributed by atoms with Crippen LogP contribution in [-0.4, -0.2) is 87.8 Å². The number of ether oxygens (including phenoxy) is 1. The van der Waals surface area contributed by atoms with E-state index in [2.05, 4.69) is 32.7 Å². The van der Waals surface area contributed by atoms with Crippen LogP contribution in [0.1, 0.15) is 38.2 Å². The van der Waals surface area contributed by atoms with E-state index in [-0.39, 0.29) is 11.9 Å². The molecule has 2 aromatic heterocycles. The van der Waals surface area contributed by atoms with Crippen molar-refractivity contribution in [2.24, 2.45) is 5.92 Å². The number of hydrogen-bond donors (Lipinski definition) is 0. The average Bonchev–Trinajstić information content (AvgIpc) is 3.16. The maximum atomic E-state index is 12.0. The summed E-state index contributed by atoms with van der Waals surface area (Å²) in [4.78, 5) is 28.4. The number of likely N-dealkylation sites (N-methyl/N-ethyl adjacent to an activating group) is 1. The molecule has 9 nitrogen and oxygen atoms in total. The maximum absolute atomic E-state index is 12.0. The first-order valence-electron chi connectivity index (χ1n) is 11.2. The molecule has 0 atom stereocenters. The first-order chi connectivity index (χ1) is 14.6. The molecule has 2 fully saturated rings. The van der Waals surface area contributed by atoms with E-state index in [1.54, 1.807) is 0 Å². The van der Waals surface area contributed by atoms with Gasteiger partial charge in [-0.2, -0.15) is 9.50 Å². The van der Waals surface area contributed by atoms with E-state index >= 15 is 0 Å². The molecule has 9 heteroatoms. The standard InChI is InChI=1S/C21H33N7O2/c1-4-25-10-12-27(13-11-25)19-14-16(3)22-21-23-18(24-28(19)21)15-26-8-6-17(7-9-26)20(29)30-5-2/h14,17H,4-13,15H2,1-3H3. The molecule has 0 unspecified atom stereocenters. The Morgan fingerprint density at radius 1 is 1.07 bits per heavy atom. The van der Waals surface area contributed by atoms with Crippen molar-refractivity contribution >= 4 is 17.6 Å². The van der Waals surface area contributed by atoms with Crippen molar-refractivity contribution in [2.75, 3.05) is 57.3 Å². The Bertz CT molecular complexity index is 868. The fraction of sp³-hybridized carbons (Fsp3) is 0.714. The highest BCUT2D eigenvalue weighted by Gasteiger charge is 2.27. The monoisotopic (exact) mass is 415 g/mol. The highest BCUT2D eigenvalue weighted by atomic mass is 16.5. The molecule has 30 heavy (non-hydrogen) atoms. The number of esters is 1. The Balaban J connectivity index is 1.44. The lowest BCUT2D eigenvalue weighted by Crippen LogP contribution is -2.46. The molecule has 164 valence electrons. The first kappa shape index (κ1) is 21.0. The molecule has 0 saturated carbocycles. The number of fused-ring (bicyclic) bond motifs is 1.